The first-order chi connectivity index (χ1) is 13.5. The molecule has 0 fully saturated rings. The molecule has 3 aromatic rings. The lowest BCUT2D eigenvalue weighted by Gasteiger charge is -2.14. The van der Waals surface area contributed by atoms with Gasteiger partial charge in [0.25, 0.3) is 0 Å². The normalized spacial score (nSPS) is 10.8. The first-order valence-electron chi connectivity index (χ1n) is 8.89. The Hall–Kier alpha value is -3.15. The van der Waals surface area contributed by atoms with Crippen LogP contribution in [-0.2, 0) is 22.6 Å². The first kappa shape index (κ1) is 19.6. The molecule has 0 aliphatic carbocycles. The van der Waals surface area contributed by atoms with Gasteiger partial charge in [-0.25, -0.2) is 0 Å². The highest BCUT2D eigenvalue weighted by Crippen LogP contribution is 2.38. The number of carbonyl (C=O) groups is 1. The average Bonchev–Trinajstić information content (AvgIpc) is 3.11. The van der Waals surface area contributed by atoms with Crippen molar-refractivity contribution in [1.82, 2.24) is 0 Å². The largest absolute Gasteiger partial charge is 0.493 e. The third-order valence-corrected chi connectivity index (χ3v) is 4.80. The molecular weight excluding hydrogens is 360 g/mol. The van der Waals surface area contributed by atoms with Crippen molar-refractivity contribution in [1.29, 1.82) is 0 Å². The van der Waals surface area contributed by atoms with E-state index in [9.17, 15) is 4.79 Å². The summed E-state index contributed by atoms with van der Waals surface area (Å²) in [5, 5.41) is 0.938. The van der Waals surface area contributed by atoms with Gasteiger partial charge in [0.2, 0.25) is 5.75 Å². The van der Waals surface area contributed by atoms with Gasteiger partial charge in [-0.05, 0) is 42.7 Å². The molecule has 0 aliphatic heterocycles. The lowest BCUT2D eigenvalue weighted by molar-refractivity contribution is -0.144. The standard InChI is InChI=1S/C22H24O6/c1-13-6-7-17-16(12-28-21(17)14(13)2)10-20(23)27-11-15-8-18(24-3)22(26-5)19(9-15)25-4/h6-9,12H,10-11H2,1-5H3. The molecule has 2 aromatic carbocycles. The van der Waals surface area contributed by atoms with Crippen LogP contribution in [0.3, 0.4) is 0 Å². The second-order valence-electron chi connectivity index (χ2n) is 6.52. The molecule has 0 amide bonds. The van der Waals surface area contributed by atoms with Crippen molar-refractivity contribution in [3.63, 3.8) is 0 Å². The maximum Gasteiger partial charge on any atom is 0.310 e. The minimum absolute atomic E-state index is 0.101. The van der Waals surface area contributed by atoms with Crippen LogP contribution in [0.5, 0.6) is 17.2 Å². The molecule has 0 saturated carbocycles. The van der Waals surface area contributed by atoms with Gasteiger partial charge >= 0.3 is 5.97 Å². The Balaban J connectivity index is 1.72. The maximum absolute atomic E-state index is 12.4. The van der Waals surface area contributed by atoms with Gasteiger partial charge in [0.15, 0.2) is 11.5 Å². The van der Waals surface area contributed by atoms with Crippen molar-refractivity contribution >= 4 is 16.9 Å². The quantitative estimate of drug-likeness (QED) is 0.564. The van der Waals surface area contributed by atoms with Gasteiger partial charge in [-0.15, -0.1) is 0 Å². The molecule has 148 valence electrons. The van der Waals surface area contributed by atoms with Crippen LogP contribution in [0.1, 0.15) is 22.3 Å². The molecule has 0 bridgehead atoms. The van der Waals surface area contributed by atoms with E-state index in [1.807, 2.05) is 26.0 Å². The Morgan fingerprint density at radius 1 is 1.00 bits per heavy atom. The summed E-state index contributed by atoms with van der Waals surface area (Å²) in [7, 11) is 4.63. The zero-order valence-electron chi connectivity index (χ0n) is 16.8. The van der Waals surface area contributed by atoms with E-state index in [2.05, 4.69) is 0 Å². The van der Waals surface area contributed by atoms with Crippen molar-refractivity contribution in [3.05, 3.63) is 52.8 Å². The summed E-state index contributed by atoms with van der Waals surface area (Å²) in [5.41, 5.74) is 4.60. The van der Waals surface area contributed by atoms with Gasteiger partial charge < -0.3 is 23.4 Å². The predicted molar refractivity (Wildman–Crippen MR) is 105 cm³/mol. The van der Waals surface area contributed by atoms with Crippen LogP contribution < -0.4 is 14.2 Å². The Morgan fingerprint density at radius 2 is 1.68 bits per heavy atom. The van der Waals surface area contributed by atoms with Crippen molar-refractivity contribution in [2.75, 3.05) is 21.3 Å². The number of fused-ring (bicyclic) bond motifs is 1. The predicted octanol–water partition coefficient (Wildman–Crippen LogP) is 4.36. The summed E-state index contributed by atoms with van der Waals surface area (Å²) < 4.78 is 27.0. The molecule has 6 heteroatoms. The summed E-state index contributed by atoms with van der Waals surface area (Å²) in [6, 6.07) is 7.52. The van der Waals surface area contributed by atoms with E-state index in [0.717, 1.165) is 33.2 Å². The second kappa shape index (κ2) is 8.25. The van der Waals surface area contributed by atoms with Gasteiger partial charge in [0.1, 0.15) is 12.2 Å². The molecule has 28 heavy (non-hydrogen) atoms. The topological polar surface area (TPSA) is 67.1 Å². The maximum atomic E-state index is 12.4. The summed E-state index contributed by atoms with van der Waals surface area (Å²) in [6.07, 6.45) is 1.76. The third kappa shape index (κ3) is 3.76. The zero-order valence-corrected chi connectivity index (χ0v) is 16.8. The van der Waals surface area contributed by atoms with Crippen LogP contribution in [0, 0.1) is 13.8 Å². The SMILES string of the molecule is COc1cc(COC(=O)Cc2coc3c(C)c(C)ccc23)cc(OC)c1OC. The Bertz CT molecular complexity index is 977. The monoisotopic (exact) mass is 384 g/mol. The number of furan rings is 1. The van der Waals surface area contributed by atoms with Crippen LogP contribution in [-0.4, -0.2) is 27.3 Å². The Labute approximate surface area is 163 Å². The second-order valence-corrected chi connectivity index (χ2v) is 6.52. The van der Waals surface area contributed by atoms with E-state index < -0.39 is 0 Å². The number of aryl methyl sites for hydroxylation is 2. The van der Waals surface area contributed by atoms with Gasteiger partial charge in [-0.2, -0.15) is 0 Å². The molecule has 6 nitrogen and oxygen atoms in total. The zero-order chi connectivity index (χ0) is 20.3. The van der Waals surface area contributed by atoms with Gasteiger partial charge in [0, 0.05) is 10.9 Å². The molecule has 0 atom stereocenters. The van der Waals surface area contributed by atoms with E-state index >= 15 is 0 Å². The molecule has 1 heterocycles. The van der Waals surface area contributed by atoms with Crippen molar-refractivity contribution < 1.29 is 28.2 Å². The van der Waals surface area contributed by atoms with E-state index in [-0.39, 0.29) is 19.0 Å². The van der Waals surface area contributed by atoms with Crippen LogP contribution in [0.2, 0.25) is 0 Å². The molecule has 0 saturated heterocycles. The number of carbonyl (C=O) groups excluding carboxylic acids is 1. The van der Waals surface area contributed by atoms with E-state index in [0.29, 0.717) is 17.2 Å². The highest BCUT2D eigenvalue weighted by atomic mass is 16.5. The average molecular weight is 384 g/mol. The first-order valence-corrected chi connectivity index (χ1v) is 8.89. The number of esters is 1. The number of rotatable bonds is 7. The summed E-state index contributed by atoms with van der Waals surface area (Å²) in [4.78, 5) is 12.4. The van der Waals surface area contributed by atoms with Crippen LogP contribution in [0.4, 0.5) is 0 Å². The summed E-state index contributed by atoms with van der Waals surface area (Å²) >= 11 is 0. The fourth-order valence-corrected chi connectivity index (χ4v) is 3.11. The van der Waals surface area contributed by atoms with E-state index in [4.69, 9.17) is 23.4 Å². The van der Waals surface area contributed by atoms with Crippen LogP contribution >= 0.6 is 0 Å². The van der Waals surface area contributed by atoms with Crippen LogP contribution in [0.15, 0.2) is 34.9 Å². The summed E-state index contributed by atoms with van der Waals surface area (Å²) in [5.74, 6) is 1.18. The van der Waals surface area contributed by atoms with Gasteiger partial charge in [-0.1, -0.05) is 12.1 Å². The fourth-order valence-electron chi connectivity index (χ4n) is 3.11. The fraction of sp³-hybridized carbons (Fsp3) is 0.318. The smallest absolute Gasteiger partial charge is 0.310 e. The number of benzene rings is 2. The van der Waals surface area contributed by atoms with Crippen LogP contribution in [0.25, 0.3) is 11.0 Å². The lowest BCUT2D eigenvalue weighted by atomic mass is 10.0. The molecule has 1 aromatic heterocycles. The van der Waals surface area contributed by atoms with Gasteiger partial charge in [-0.3, -0.25) is 4.79 Å². The lowest BCUT2D eigenvalue weighted by Crippen LogP contribution is -2.08. The number of hydrogen-bond donors (Lipinski definition) is 0. The highest BCUT2D eigenvalue weighted by Gasteiger charge is 2.16. The van der Waals surface area contributed by atoms with Crippen molar-refractivity contribution in [2.45, 2.75) is 26.9 Å². The number of hydrogen-bond acceptors (Lipinski definition) is 6. The molecule has 3 rings (SSSR count). The number of methoxy groups -OCH3 is 3. The molecule has 0 N–H and O–H groups in total. The van der Waals surface area contributed by atoms with Crippen molar-refractivity contribution in [2.24, 2.45) is 0 Å². The van der Waals surface area contributed by atoms with Crippen molar-refractivity contribution in [3.8, 4) is 17.2 Å². The molecule has 0 radical (unpaired) electrons. The molecule has 0 spiro atoms. The summed E-state index contributed by atoms with van der Waals surface area (Å²) in [6.45, 7) is 4.14. The molecule has 0 aliphatic rings. The third-order valence-electron chi connectivity index (χ3n) is 4.80. The Morgan fingerprint density at radius 3 is 2.29 bits per heavy atom. The minimum Gasteiger partial charge on any atom is -0.493 e. The molecular formula is C22H24O6. The van der Waals surface area contributed by atoms with Gasteiger partial charge in [0.05, 0.1) is 34.0 Å². The Kier molecular flexibility index (Phi) is 5.78. The van der Waals surface area contributed by atoms with E-state index in [1.54, 1.807) is 39.7 Å². The number of ether oxygens (including phenoxy) is 4. The minimum atomic E-state index is -0.338. The molecule has 0 unspecified atom stereocenters. The highest BCUT2D eigenvalue weighted by molar-refractivity contribution is 5.88. The van der Waals surface area contributed by atoms with E-state index in [1.165, 1.54) is 0 Å².